The molecule has 2 fully saturated rings. The van der Waals surface area contributed by atoms with Gasteiger partial charge in [-0.3, -0.25) is 4.79 Å². The quantitative estimate of drug-likeness (QED) is 0.0814. The third kappa shape index (κ3) is 8.09. The number of hydrogen-bond acceptors (Lipinski definition) is 16. The summed E-state index contributed by atoms with van der Waals surface area (Å²) in [5.74, 6) is -0.356. The van der Waals surface area contributed by atoms with E-state index < -0.39 is 84.2 Å². The van der Waals surface area contributed by atoms with E-state index in [1.54, 1.807) is 13.1 Å². The van der Waals surface area contributed by atoms with Crippen LogP contribution in [0.15, 0.2) is 11.8 Å². The molecule has 0 amide bonds. The molecule has 3 rings (SSSR count). The highest BCUT2D eigenvalue weighted by molar-refractivity contribution is 5.93. The number of likely N-dealkylation sites (N-methyl/N-ethyl adjacent to an activating group) is 1. The molecule has 43 heavy (non-hydrogen) atoms. The van der Waals surface area contributed by atoms with Crippen LogP contribution >= 0.6 is 0 Å². The highest BCUT2D eigenvalue weighted by atomic mass is 16.7. The van der Waals surface area contributed by atoms with Crippen molar-refractivity contribution >= 4 is 5.78 Å². The summed E-state index contributed by atoms with van der Waals surface area (Å²) in [6, 6.07) is -2.95. The maximum atomic E-state index is 13.5. The molecular weight excluding hydrogens is 566 g/mol. The van der Waals surface area contributed by atoms with Crippen molar-refractivity contribution in [3.8, 4) is 0 Å². The first kappa shape index (κ1) is 36.1. The zero-order valence-corrected chi connectivity index (χ0v) is 25.1. The van der Waals surface area contributed by atoms with Gasteiger partial charge in [0.1, 0.15) is 47.4 Å². The summed E-state index contributed by atoms with van der Waals surface area (Å²) in [4.78, 5) is 13.5. The van der Waals surface area contributed by atoms with E-state index >= 15 is 0 Å². The van der Waals surface area contributed by atoms with Crippen molar-refractivity contribution < 1.29 is 44.2 Å². The third-order valence-electron chi connectivity index (χ3n) is 8.59. The minimum Gasteiger partial charge on any atom is -0.466 e. The van der Waals surface area contributed by atoms with Gasteiger partial charge < -0.3 is 79.1 Å². The first-order chi connectivity index (χ1) is 20.2. The second-order valence-electron chi connectivity index (χ2n) is 12.2. The molecule has 0 aromatic carbocycles. The van der Waals surface area contributed by atoms with Gasteiger partial charge in [0.25, 0.3) is 0 Å². The van der Waals surface area contributed by atoms with E-state index in [4.69, 9.17) is 53.3 Å². The predicted molar refractivity (Wildman–Crippen MR) is 156 cm³/mol. The number of Topliss-reactive ketones (excluding diaryl/α,β-unsaturated/α-hetero) is 1. The topological polar surface area (TPSA) is 303 Å². The number of carbonyl (C=O) groups is 1. The number of ketones is 1. The summed E-state index contributed by atoms with van der Waals surface area (Å²) in [5.41, 5.74) is 33.3. The largest absolute Gasteiger partial charge is 0.466 e. The molecule has 1 aliphatic carbocycles. The van der Waals surface area contributed by atoms with Crippen LogP contribution in [0.3, 0.4) is 0 Å². The Balaban J connectivity index is 1.86. The molecule has 16 heteroatoms. The SMILES string of the molecule is CN[C@@H]1[C@@H](O)[C@@H](O[C@@H]2[C@@H](O)[C@H](O[C@H]3OC(C(N)CCCCN)=CC[C@H]3N)[C@@H](N)C[C@]2(N)C(=O)[C@@H](O)CCN)OC[C@]1(C)O. The molecular formula is C27H53N7O9. The van der Waals surface area contributed by atoms with Crippen LogP contribution in [0.25, 0.3) is 0 Å². The Labute approximate surface area is 252 Å². The summed E-state index contributed by atoms with van der Waals surface area (Å²) in [5, 5.41) is 46.7. The van der Waals surface area contributed by atoms with E-state index in [2.05, 4.69) is 5.32 Å². The number of carbonyl (C=O) groups excluding carboxylic acids is 1. The van der Waals surface area contributed by atoms with Crippen LogP contribution in [-0.4, -0.2) is 131 Å². The molecule has 0 aromatic heterocycles. The van der Waals surface area contributed by atoms with Gasteiger partial charge in [-0.25, -0.2) is 0 Å². The molecule has 0 aromatic rings. The first-order valence-corrected chi connectivity index (χ1v) is 14.9. The summed E-state index contributed by atoms with van der Waals surface area (Å²) in [7, 11) is 1.54. The molecule has 2 heterocycles. The van der Waals surface area contributed by atoms with E-state index in [9.17, 15) is 25.2 Å². The van der Waals surface area contributed by atoms with Crippen LogP contribution < -0.4 is 39.7 Å². The normalized spacial score (nSPS) is 41.7. The van der Waals surface area contributed by atoms with E-state index in [1.165, 1.54) is 6.92 Å². The van der Waals surface area contributed by atoms with Crippen molar-refractivity contribution in [3.63, 3.8) is 0 Å². The van der Waals surface area contributed by atoms with Gasteiger partial charge in [-0.1, -0.05) is 6.42 Å². The van der Waals surface area contributed by atoms with Gasteiger partial charge in [0.15, 0.2) is 12.1 Å². The predicted octanol–water partition coefficient (Wildman–Crippen LogP) is -4.70. The van der Waals surface area contributed by atoms with Crippen molar-refractivity contribution in [2.45, 2.75) is 124 Å². The summed E-state index contributed by atoms with van der Waals surface area (Å²) >= 11 is 0. The Morgan fingerprint density at radius 2 is 1.81 bits per heavy atom. The van der Waals surface area contributed by atoms with Crippen LogP contribution in [0, 0.1) is 0 Å². The van der Waals surface area contributed by atoms with E-state index in [-0.39, 0.29) is 26.0 Å². The molecule has 1 saturated carbocycles. The van der Waals surface area contributed by atoms with Crippen molar-refractivity contribution in [2.75, 3.05) is 26.7 Å². The van der Waals surface area contributed by atoms with Crippen molar-refractivity contribution in [1.82, 2.24) is 5.32 Å². The van der Waals surface area contributed by atoms with Gasteiger partial charge in [-0.05, 0) is 65.2 Å². The molecule has 2 aliphatic heterocycles. The fourth-order valence-corrected chi connectivity index (χ4v) is 6.09. The number of nitrogens with one attached hydrogen (secondary N) is 1. The van der Waals surface area contributed by atoms with E-state index in [1.807, 2.05) is 0 Å². The van der Waals surface area contributed by atoms with Crippen molar-refractivity contribution in [2.24, 2.45) is 34.4 Å². The summed E-state index contributed by atoms with van der Waals surface area (Å²) in [6.07, 6.45) is -5.83. The lowest BCUT2D eigenvalue weighted by molar-refractivity contribution is -0.308. The molecule has 0 radical (unpaired) electrons. The molecule has 17 N–H and O–H groups in total. The number of rotatable bonds is 14. The highest BCUT2D eigenvalue weighted by Gasteiger charge is 2.59. The van der Waals surface area contributed by atoms with Gasteiger partial charge in [0.05, 0.1) is 24.7 Å². The molecule has 250 valence electrons. The molecule has 1 saturated heterocycles. The van der Waals surface area contributed by atoms with Crippen LogP contribution in [0.5, 0.6) is 0 Å². The Morgan fingerprint density at radius 3 is 2.44 bits per heavy atom. The maximum absolute atomic E-state index is 13.5. The Bertz CT molecular complexity index is 946. The Kier molecular flexibility index (Phi) is 12.8. The average Bonchev–Trinajstić information content (AvgIpc) is 2.95. The molecule has 1 unspecified atom stereocenters. The van der Waals surface area contributed by atoms with Crippen LogP contribution in [-0.2, 0) is 23.7 Å². The zero-order valence-electron chi connectivity index (χ0n) is 25.1. The number of aliphatic hydroxyl groups is 4. The first-order valence-electron chi connectivity index (χ1n) is 14.9. The second kappa shape index (κ2) is 15.3. The van der Waals surface area contributed by atoms with Gasteiger partial charge in [0, 0.05) is 6.04 Å². The second-order valence-corrected chi connectivity index (χ2v) is 12.2. The monoisotopic (exact) mass is 619 g/mol. The fraction of sp³-hybridized carbons (Fsp3) is 0.889. The van der Waals surface area contributed by atoms with Crippen molar-refractivity contribution in [3.05, 3.63) is 11.8 Å². The number of aliphatic hydroxyl groups excluding tert-OH is 3. The van der Waals surface area contributed by atoms with Gasteiger partial charge >= 0.3 is 0 Å². The highest BCUT2D eigenvalue weighted by Crippen LogP contribution is 2.37. The van der Waals surface area contributed by atoms with E-state index in [0.29, 0.717) is 25.1 Å². The average molecular weight is 620 g/mol. The van der Waals surface area contributed by atoms with E-state index in [0.717, 1.165) is 12.8 Å². The Morgan fingerprint density at radius 1 is 1.12 bits per heavy atom. The number of hydrogen-bond donors (Lipinski definition) is 11. The van der Waals surface area contributed by atoms with Gasteiger partial charge in [-0.15, -0.1) is 0 Å². The lowest BCUT2D eigenvalue weighted by Crippen LogP contribution is -2.75. The lowest BCUT2D eigenvalue weighted by atomic mass is 9.70. The van der Waals surface area contributed by atoms with Crippen molar-refractivity contribution in [1.29, 1.82) is 0 Å². The number of unbranched alkanes of at least 4 members (excludes halogenated alkanes) is 1. The fourth-order valence-electron chi connectivity index (χ4n) is 6.09. The summed E-state index contributed by atoms with van der Waals surface area (Å²) < 4.78 is 23.8. The van der Waals surface area contributed by atoms with Crippen LogP contribution in [0.2, 0.25) is 0 Å². The molecule has 16 nitrogen and oxygen atoms in total. The Hall–Kier alpha value is -1.35. The van der Waals surface area contributed by atoms with Gasteiger partial charge in [-0.2, -0.15) is 0 Å². The van der Waals surface area contributed by atoms with Crippen LogP contribution in [0.4, 0.5) is 0 Å². The molecule has 0 spiro atoms. The summed E-state index contributed by atoms with van der Waals surface area (Å²) in [6.45, 7) is 1.79. The van der Waals surface area contributed by atoms with Crippen LogP contribution in [0.1, 0.15) is 45.4 Å². The van der Waals surface area contributed by atoms with Gasteiger partial charge in [0.2, 0.25) is 6.29 Å². The standard InChI is InChI=1S/C27H53N7O9/c1-26(39)12-40-25(19(37)21(26)34-2)43-23-18(36)20(15(32)11-27(23,33)22(38)16(35)8-10-29)42-24-14(31)6-7-17(41-24)13(30)5-3-4-9-28/h7,13-16,18-21,23-25,34-37,39H,3-6,8-12,28-33H2,1-2H3/t13?,14-,15+,16+,18+,19-,20-,21-,23-,24-,25-,26+,27+/m1/s1. The third-order valence-corrected chi connectivity index (χ3v) is 8.59. The smallest absolute Gasteiger partial charge is 0.215 e. The molecule has 3 aliphatic rings. The molecule has 0 bridgehead atoms. The zero-order chi connectivity index (χ0) is 32.1. The minimum absolute atomic E-state index is 0.000641. The maximum Gasteiger partial charge on any atom is 0.215 e. The molecule has 13 atom stereocenters. The number of nitrogens with two attached hydrogens (primary N) is 6. The minimum atomic E-state index is -2.03. The lowest BCUT2D eigenvalue weighted by Gasteiger charge is -2.52. The number of ether oxygens (including phenoxy) is 4.